The van der Waals surface area contributed by atoms with Crippen LogP contribution in [0.1, 0.15) is 40.0 Å². The van der Waals surface area contributed by atoms with Crippen molar-refractivity contribution < 1.29 is 4.79 Å². The predicted octanol–water partition coefficient (Wildman–Crippen LogP) is 1.95. The van der Waals surface area contributed by atoms with Crippen LogP contribution in [-0.4, -0.2) is 12.5 Å². The third-order valence-corrected chi connectivity index (χ3v) is 2.08. The summed E-state index contributed by atoms with van der Waals surface area (Å²) in [7, 11) is 0. The van der Waals surface area contributed by atoms with E-state index in [2.05, 4.69) is 19.2 Å². The SMILES string of the molecule is CCC(CC)CCNC(C)=O. The molecule has 0 aliphatic rings. The van der Waals surface area contributed by atoms with Crippen LogP contribution in [0.25, 0.3) is 0 Å². The van der Waals surface area contributed by atoms with E-state index in [0.29, 0.717) is 0 Å². The lowest BCUT2D eigenvalue weighted by atomic mass is 10.00. The zero-order valence-corrected chi connectivity index (χ0v) is 7.81. The minimum Gasteiger partial charge on any atom is -0.356 e. The summed E-state index contributed by atoms with van der Waals surface area (Å²) >= 11 is 0. The standard InChI is InChI=1S/C9H19NO/c1-4-9(5-2)6-7-10-8(3)11/h9H,4-7H2,1-3H3,(H,10,11). The molecule has 0 radical (unpaired) electrons. The second kappa shape index (κ2) is 6.20. The van der Waals surface area contributed by atoms with Crippen LogP contribution in [0.15, 0.2) is 0 Å². The van der Waals surface area contributed by atoms with E-state index in [4.69, 9.17) is 0 Å². The van der Waals surface area contributed by atoms with Gasteiger partial charge in [0.15, 0.2) is 0 Å². The lowest BCUT2D eigenvalue weighted by Gasteiger charge is -2.11. The van der Waals surface area contributed by atoms with Gasteiger partial charge in [-0.3, -0.25) is 4.79 Å². The maximum Gasteiger partial charge on any atom is 0.216 e. The molecule has 0 unspecified atom stereocenters. The van der Waals surface area contributed by atoms with Gasteiger partial charge in [-0.1, -0.05) is 26.7 Å². The lowest BCUT2D eigenvalue weighted by molar-refractivity contribution is -0.119. The largest absolute Gasteiger partial charge is 0.356 e. The van der Waals surface area contributed by atoms with E-state index in [9.17, 15) is 4.79 Å². The van der Waals surface area contributed by atoms with E-state index in [1.54, 1.807) is 6.92 Å². The Balaban J connectivity index is 3.28. The molecule has 0 aromatic rings. The van der Waals surface area contributed by atoms with Crippen molar-refractivity contribution in [1.82, 2.24) is 5.32 Å². The Bertz CT molecular complexity index is 108. The second-order valence-electron chi connectivity index (χ2n) is 2.95. The molecule has 0 heterocycles. The molecule has 2 nitrogen and oxygen atoms in total. The van der Waals surface area contributed by atoms with Crippen LogP contribution in [0.4, 0.5) is 0 Å². The molecule has 0 aromatic carbocycles. The van der Waals surface area contributed by atoms with Crippen molar-refractivity contribution in [3.05, 3.63) is 0 Å². The fourth-order valence-electron chi connectivity index (χ4n) is 1.15. The van der Waals surface area contributed by atoms with E-state index >= 15 is 0 Å². The number of hydrogen-bond acceptors (Lipinski definition) is 1. The minimum absolute atomic E-state index is 0.0796. The summed E-state index contributed by atoms with van der Waals surface area (Å²) in [6.45, 7) is 6.79. The number of carbonyl (C=O) groups is 1. The van der Waals surface area contributed by atoms with Crippen LogP contribution >= 0.6 is 0 Å². The number of hydrogen-bond donors (Lipinski definition) is 1. The van der Waals surface area contributed by atoms with Crippen molar-refractivity contribution in [2.45, 2.75) is 40.0 Å². The van der Waals surface area contributed by atoms with Gasteiger partial charge in [0.25, 0.3) is 0 Å². The molecule has 0 atom stereocenters. The van der Waals surface area contributed by atoms with Crippen LogP contribution in [0, 0.1) is 5.92 Å². The van der Waals surface area contributed by atoms with E-state index < -0.39 is 0 Å². The van der Waals surface area contributed by atoms with Crippen molar-refractivity contribution in [3.63, 3.8) is 0 Å². The monoisotopic (exact) mass is 157 g/mol. The van der Waals surface area contributed by atoms with Crippen LogP contribution in [-0.2, 0) is 4.79 Å². The first-order valence-electron chi connectivity index (χ1n) is 4.45. The molecule has 2 heteroatoms. The summed E-state index contributed by atoms with van der Waals surface area (Å²) in [5.41, 5.74) is 0. The number of carbonyl (C=O) groups excluding carboxylic acids is 1. The Morgan fingerprint density at radius 2 is 1.91 bits per heavy atom. The first-order chi connectivity index (χ1) is 5.20. The number of amides is 1. The summed E-state index contributed by atoms with van der Waals surface area (Å²) in [5.74, 6) is 0.859. The van der Waals surface area contributed by atoms with Crippen molar-refractivity contribution in [3.8, 4) is 0 Å². The molecule has 1 amide bonds. The number of rotatable bonds is 5. The molecule has 0 saturated heterocycles. The van der Waals surface area contributed by atoms with Gasteiger partial charge in [0.05, 0.1) is 0 Å². The molecule has 0 aliphatic carbocycles. The van der Waals surface area contributed by atoms with Gasteiger partial charge in [-0.2, -0.15) is 0 Å². The molecule has 0 spiro atoms. The molecule has 0 rings (SSSR count). The Morgan fingerprint density at radius 1 is 1.36 bits per heavy atom. The smallest absolute Gasteiger partial charge is 0.216 e. The van der Waals surface area contributed by atoms with Crippen LogP contribution in [0.5, 0.6) is 0 Å². The first kappa shape index (κ1) is 10.5. The molecule has 0 bridgehead atoms. The van der Waals surface area contributed by atoms with E-state index in [1.165, 1.54) is 12.8 Å². The van der Waals surface area contributed by atoms with Gasteiger partial charge in [0, 0.05) is 13.5 Å². The normalized spacial score (nSPS) is 10.2. The molecule has 0 saturated carbocycles. The van der Waals surface area contributed by atoms with Crippen LogP contribution in [0.3, 0.4) is 0 Å². The Kier molecular flexibility index (Phi) is 5.90. The van der Waals surface area contributed by atoms with Crippen molar-refractivity contribution in [2.24, 2.45) is 5.92 Å². The third-order valence-electron chi connectivity index (χ3n) is 2.08. The first-order valence-corrected chi connectivity index (χ1v) is 4.45. The quantitative estimate of drug-likeness (QED) is 0.649. The third kappa shape index (κ3) is 5.89. The maximum atomic E-state index is 10.5. The van der Waals surface area contributed by atoms with E-state index in [1.807, 2.05) is 0 Å². The van der Waals surface area contributed by atoms with Gasteiger partial charge in [-0.05, 0) is 12.3 Å². The summed E-state index contributed by atoms with van der Waals surface area (Å²) in [5, 5.41) is 2.81. The van der Waals surface area contributed by atoms with Crippen LogP contribution < -0.4 is 5.32 Å². The minimum atomic E-state index is 0.0796. The van der Waals surface area contributed by atoms with Gasteiger partial charge in [0.2, 0.25) is 5.91 Å². The van der Waals surface area contributed by atoms with Crippen molar-refractivity contribution in [1.29, 1.82) is 0 Å². The summed E-state index contributed by atoms with van der Waals surface area (Å²) in [6, 6.07) is 0. The fourth-order valence-corrected chi connectivity index (χ4v) is 1.15. The highest BCUT2D eigenvalue weighted by atomic mass is 16.1. The van der Waals surface area contributed by atoms with Crippen molar-refractivity contribution in [2.75, 3.05) is 6.54 Å². The van der Waals surface area contributed by atoms with Gasteiger partial charge in [-0.15, -0.1) is 0 Å². The molecule has 0 aromatic heterocycles. The van der Waals surface area contributed by atoms with Gasteiger partial charge in [-0.25, -0.2) is 0 Å². The van der Waals surface area contributed by atoms with Gasteiger partial charge in [0.1, 0.15) is 0 Å². The number of nitrogens with one attached hydrogen (secondary N) is 1. The molecule has 0 fully saturated rings. The summed E-state index contributed by atoms with van der Waals surface area (Å²) in [4.78, 5) is 10.5. The predicted molar refractivity (Wildman–Crippen MR) is 47.4 cm³/mol. The highest BCUT2D eigenvalue weighted by Gasteiger charge is 2.02. The highest BCUT2D eigenvalue weighted by molar-refractivity contribution is 5.72. The Morgan fingerprint density at radius 3 is 2.27 bits per heavy atom. The van der Waals surface area contributed by atoms with Gasteiger partial charge < -0.3 is 5.32 Å². The second-order valence-corrected chi connectivity index (χ2v) is 2.95. The zero-order valence-electron chi connectivity index (χ0n) is 7.81. The molecule has 11 heavy (non-hydrogen) atoms. The molecular formula is C9H19NO. The van der Waals surface area contributed by atoms with Crippen LogP contribution in [0.2, 0.25) is 0 Å². The molecular weight excluding hydrogens is 138 g/mol. The fraction of sp³-hybridized carbons (Fsp3) is 0.889. The maximum absolute atomic E-state index is 10.5. The topological polar surface area (TPSA) is 29.1 Å². The molecule has 66 valence electrons. The average molecular weight is 157 g/mol. The van der Waals surface area contributed by atoms with E-state index in [-0.39, 0.29) is 5.91 Å². The Hall–Kier alpha value is -0.530. The summed E-state index contributed by atoms with van der Waals surface area (Å²) < 4.78 is 0. The molecule has 0 aliphatic heterocycles. The Labute approximate surface area is 69.4 Å². The summed E-state index contributed by atoms with van der Waals surface area (Å²) in [6.07, 6.45) is 3.55. The lowest BCUT2D eigenvalue weighted by Crippen LogP contribution is -2.22. The highest BCUT2D eigenvalue weighted by Crippen LogP contribution is 2.10. The van der Waals surface area contributed by atoms with Gasteiger partial charge >= 0.3 is 0 Å². The molecule has 1 N–H and O–H groups in total. The van der Waals surface area contributed by atoms with Crippen molar-refractivity contribution >= 4 is 5.91 Å². The van der Waals surface area contributed by atoms with E-state index in [0.717, 1.165) is 18.9 Å². The zero-order chi connectivity index (χ0) is 8.69. The average Bonchev–Trinajstić information content (AvgIpc) is 1.98.